The Balaban J connectivity index is 2.43. The van der Waals surface area contributed by atoms with Crippen molar-refractivity contribution in [2.45, 2.75) is 18.2 Å². The molecule has 0 aliphatic rings. The second kappa shape index (κ2) is 5.91. The van der Waals surface area contributed by atoms with Crippen LogP contribution in [-0.4, -0.2) is 8.42 Å². The minimum Gasteiger partial charge on any atom is -0.396 e. The van der Waals surface area contributed by atoms with E-state index in [0.29, 0.717) is 5.69 Å². The van der Waals surface area contributed by atoms with Gasteiger partial charge in [-0.25, -0.2) is 12.8 Å². The Morgan fingerprint density at radius 3 is 2.67 bits per heavy atom. The molecule has 0 bridgehead atoms. The Labute approximate surface area is 127 Å². The lowest BCUT2D eigenvalue weighted by molar-refractivity contribution is 0.573. The van der Waals surface area contributed by atoms with E-state index in [-0.39, 0.29) is 10.7 Å². The SMILES string of the molecule is CCc1cccc(NS(=O)(=O)c2cc(Cl)cc(N)c2F)c1. The van der Waals surface area contributed by atoms with Crippen molar-refractivity contribution >= 4 is 33.0 Å². The average molecular weight is 329 g/mol. The number of halogens is 2. The van der Waals surface area contributed by atoms with Gasteiger partial charge in [0.05, 0.1) is 5.69 Å². The summed E-state index contributed by atoms with van der Waals surface area (Å²) in [5, 5.41) is 0.0524. The first kappa shape index (κ1) is 15.6. The highest BCUT2D eigenvalue weighted by Crippen LogP contribution is 2.27. The second-order valence-electron chi connectivity index (χ2n) is 4.47. The molecule has 4 nitrogen and oxygen atoms in total. The standard InChI is InChI=1S/C14H14ClFN2O2S/c1-2-9-4-3-5-11(6-9)18-21(19,20)13-8-10(15)7-12(17)14(13)16/h3-8,18H,2,17H2,1H3. The molecule has 21 heavy (non-hydrogen) atoms. The summed E-state index contributed by atoms with van der Waals surface area (Å²) >= 11 is 5.74. The molecule has 2 aromatic carbocycles. The molecule has 0 saturated carbocycles. The third-order valence-corrected chi connectivity index (χ3v) is 4.51. The number of benzene rings is 2. The van der Waals surface area contributed by atoms with Crippen molar-refractivity contribution in [3.05, 3.63) is 52.8 Å². The number of nitrogens with two attached hydrogens (primary N) is 1. The van der Waals surface area contributed by atoms with E-state index in [2.05, 4.69) is 4.72 Å². The normalized spacial score (nSPS) is 11.4. The predicted octanol–water partition coefficient (Wildman–Crippen LogP) is 3.42. The molecule has 0 fully saturated rings. The highest BCUT2D eigenvalue weighted by Gasteiger charge is 2.22. The van der Waals surface area contributed by atoms with Gasteiger partial charge in [0.15, 0.2) is 5.82 Å². The maximum absolute atomic E-state index is 13.9. The summed E-state index contributed by atoms with van der Waals surface area (Å²) in [5.74, 6) is -1.02. The van der Waals surface area contributed by atoms with E-state index in [1.165, 1.54) is 0 Å². The third-order valence-electron chi connectivity index (χ3n) is 2.91. The number of aryl methyl sites for hydroxylation is 1. The Morgan fingerprint density at radius 2 is 2.00 bits per heavy atom. The van der Waals surface area contributed by atoms with Crippen LogP contribution in [0.5, 0.6) is 0 Å². The molecule has 0 saturated heterocycles. The Bertz CT molecular complexity index is 779. The first-order valence-corrected chi connectivity index (χ1v) is 8.06. The Kier molecular flexibility index (Phi) is 4.39. The lowest BCUT2D eigenvalue weighted by atomic mass is 10.1. The molecule has 0 atom stereocenters. The van der Waals surface area contributed by atoms with Crippen LogP contribution in [0, 0.1) is 5.82 Å². The molecule has 2 rings (SSSR count). The summed E-state index contributed by atoms with van der Waals surface area (Å²) in [6, 6.07) is 9.05. The lowest BCUT2D eigenvalue weighted by Crippen LogP contribution is -2.15. The first-order valence-electron chi connectivity index (χ1n) is 6.19. The average Bonchev–Trinajstić information content (AvgIpc) is 2.42. The van der Waals surface area contributed by atoms with Crippen LogP contribution in [0.15, 0.2) is 41.3 Å². The topological polar surface area (TPSA) is 72.2 Å². The molecule has 0 aromatic heterocycles. The number of hydrogen-bond acceptors (Lipinski definition) is 3. The smallest absolute Gasteiger partial charge is 0.264 e. The fraction of sp³-hybridized carbons (Fsp3) is 0.143. The Hall–Kier alpha value is -1.79. The molecule has 0 heterocycles. The van der Waals surface area contributed by atoms with Crippen molar-refractivity contribution in [2.75, 3.05) is 10.5 Å². The van der Waals surface area contributed by atoms with E-state index in [9.17, 15) is 12.8 Å². The quantitative estimate of drug-likeness (QED) is 0.845. The summed E-state index contributed by atoms with van der Waals surface area (Å²) < 4.78 is 40.8. The number of sulfonamides is 1. The van der Waals surface area contributed by atoms with Crippen LogP contribution in [0.1, 0.15) is 12.5 Å². The molecule has 0 spiro atoms. The first-order chi connectivity index (χ1) is 9.83. The number of hydrogen-bond donors (Lipinski definition) is 2. The van der Waals surface area contributed by atoms with Crippen molar-refractivity contribution in [3.63, 3.8) is 0 Å². The summed E-state index contributed by atoms with van der Waals surface area (Å²) in [6.45, 7) is 1.95. The van der Waals surface area contributed by atoms with E-state index >= 15 is 0 Å². The van der Waals surface area contributed by atoms with Gasteiger partial charge in [-0.05, 0) is 36.2 Å². The largest absolute Gasteiger partial charge is 0.396 e. The number of nitrogens with one attached hydrogen (secondary N) is 1. The highest BCUT2D eigenvalue weighted by atomic mass is 35.5. The predicted molar refractivity (Wildman–Crippen MR) is 82.5 cm³/mol. The monoisotopic (exact) mass is 328 g/mol. The van der Waals surface area contributed by atoms with Gasteiger partial charge < -0.3 is 5.73 Å². The number of anilines is 2. The summed E-state index contributed by atoms with van der Waals surface area (Å²) in [6.07, 6.45) is 0.758. The molecule has 7 heteroatoms. The molecular formula is C14H14ClFN2O2S. The van der Waals surface area contributed by atoms with E-state index in [1.807, 2.05) is 13.0 Å². The van der Waals surface area contributed by atoms with Gasteiger partial charge in [-0.1, -0.05) is 30.7 Å². The van der Waals surface area contributed by atoms with Crippen LogP contribution < -0.4 is 10.5 Å². The van der Waals surface area contributed by atoms with Crippen molar-refractivity contribution in [1.29, 1.82) is 0 Å². The van der Waals surface area contributed by atoms with Gasteiger partial charge in [0, 0.05) is 10.7 Å². The maximum atomic E-state index is 13.9. The van der Waals surface area contributed by atoms with Crippen LogP contribution in [-0.2, 0) is 16.4 Å². The van der Waals surface area contributed by atoms with Crippen LogP contribution in [0.4, 0.5) is 15.8 Å². The van der Waals surface area contributed by atoms with E-state index < -0.39 is 20.7 Å². The minimum atomic E-state index is -4.10. The van der Waals surface area contributed by atoms with E-state index in [1.54, 1.807) is 18.2 Å². The molecule has 0 aliphatic heterocycles. The molecule has 112 valence electrons. The third kappa shape index (κ3) is 3.46. The summed E-state index contributed by atoms with van der Waals surface area (Å²) in [4.78, 5) is -0.575. The highest BCUT2D eigenvalue weighted by molar-refractivity contribution is 7.92. The molecule has 2 aromatic rings. The lowest BCUT2D eigenvalue weighted by Gasteiger charge is -2.11. The zero-order valence-electron chi connectivity index (χ0n) is 11.2. The summed E-state index contributed by atoms with van der Waals surface area (Å²) in [7, 11) is -4.10. The minimum absolute atomic E-state index is 0.0524. The summed E-state index contributed by atoms with van der Waals surface area (Å²) in [5.41, 5.74) is 6.40. The van der Waals surface area contributed by atoms with Crippen molar-refractivity contribution in [3.8, 4) is 0 Å². The number of nitrogen functional groups attached to an aromatic ring is 1. The zero-order valence-corrected chi connectivity index (χ0v) is 12.8. The maximum Gasteiger partial charge on any atom is 0.264 e. The van der Waals surface area contributed by atoms with Gasteiger partial charge in [0.2, 0.25) is 0 Å². The fourth-order valence-electron chi connectivity index (χ4n) is 1.84. The molecule has 3 N–H and O–H groups in total. The zero-order chi connectivity index (χ0) is 15.6. The van der Waals surface area contributed by atoms with Crippen molar-refractivity contribution < 1.29 is 12.8 Å². The molecule has 0 amide bonds. The Morgan fingerprint density at radius 1 is 1.29 bits per heavy atom. The van der Waals surface area contributed by atoms with Gasteiger partial charge in [-0.15, -0.1) is 0 Å². The second-order valence-corrected chi connectivity index (χ2v) is 6.55. The molecule has 0 radical (unpaired) electrons. The van der Waals surface area contributed by atoms with Crippen LogP contribution in [0.3, 0.4) is 0 Å². The van der Waals surface area contributed by atoms with Crippen LogP contribution in [0.25, 0.3) is 0 Å². The van der Waals surface area contributed by atoms with Gasteiger partial charge in [0.1, 0.15) is 4.90 Å². The van der Waals surface area contributed by atoms with Gasteiger partial charge >= 0.3 is 0 Å². The van der Waals surface area contributed by atoms with Crippen LogP contribution in [0.2, 0.25) is 5.02 Å². The molecule has 0 aliphatic carbocycles. The van der Waals surface area contributed by atoms with E-state index in [0.717, 1.165) is 24.1 Å². The van der Waals surface area contributed by atoms with Crippen molar-refractivity contribution in [1.82, 2.24) is 0 Å². The van der Waals surface area contributed by atoms with Gasteiger partial charge in [-0.2, -0.15) is 0 Å². The fourth-order valence-corrected chi connectivity index (χ4v) is 3.32. The van der Waals surface area contributed by atoms with Crippen molar-refractivity contribution in [2.24, 2.45) is 0 Å². The van der Waals surface area contributed by atoms with Crippen LogP contribution >= 0.6 is 11.6 Å². The molecular weight excluding hydrogens is 315 g/mol. The number of rotatable bonds is 4. The van der Waals surface area contributed by atoms with Gasteiger partial charge in [-0.3, -0.25) is 4.72 Å². The van der Waals surface area contributed by atoms with E-state index in [4.69, 9.17) is 17.3 Å². The van der Waals surface area contributed by atoms with Gasteiger partial charge in [0.25, 0.3) is 10.0 Å². The molecule has 0 unspecified atom stereocenters.